The molecule has 1 aliphatic heterocycles. The quantitative estimate of drug-likeness (QED) is 0.725. The first-order valence-corrected chi connectivity index (χ1v) is 13.2. The van der Waals surface area contributed by atoms with E-state index >= 15 is 0 Å². The molecule has 5 rings (SSSR count). The molecular weight excluding hydrogens is 424 g/mol. The lowest BCUT2D eigenvalue weighted by atomic mass is 9.90. The van der Waals surface area contributed by atoms with Gasteiger partial charge in [0.1, 0.15) is 0 Å². The van der Waals surface area contributed by atoms with Gasteiger partial charge in [-0.1, -0.05) is 12.1 Å². The molecule has 2 aliphatic carbocycles. The van der Waals surface area contributed by atoms with Gasteiger partial charge in [-0.25, -0.2) is 8.42 Å². The van der Waals surface area contributed by atoms with Crippen LogP contribution in [0.1, 0.15) is 48.8 Å². The molecule has 32 heavy (non-hydrogen) atoms. The summed E-state index contributed by atoms with van der Waals surface area (Å²) in [6, 6.07) is 10.9. The number of sulfone groups is 1. The molecule has 168 valence electrons. The zero-order valence-corrected chi connectivity index (χ0v) is 18.9. The van der Waals surface area contributed by atoms with Crippen molar-refractivity contribution in [1.82, 2.24) is 0 Å². The second kappa shape index (κ2) is 8.35. The Morgan fingerprint density at radius 3 is 2.62 bits per heavy atom. The van der Waals surface area contributed by atoms with Crippen LogP contribution in [0.25, 0.3) is 0 Å². The first-order valence-electron chi connectivity index (χ1n) is 11.5. The van der Waals surface area contributed by atoms with Crippen LogP contribution in [0.15, 0.2) is 41.3 Å². The molecule has 0 aromatic heterocycles. The number of fused-ring (bicyclic) bond motifs is 2. The molecule has 0 saturated heterocycles. The Labute approximate surface area is 188 Å². The van der Waals surface area contributed by atoms with Crippen molar-refractivity contribution in [2.75, 3.05) is 22.5 Å². The second-order valence-corrected chi connectivity index (χ2v) is 11.2. The summed E-state index contributed by atoms with van der Waals surface area (Å²) in [6.45, 7) is 0.609. The van der Waals surface area contributed by atoms with E-state index in [0.29, 0.717) is 13.0 Å². The van der Waals surface area contributed by atoms with Crippen LogP contribution in [0.4, 0.5) is 11.4 Å². The van der Waals surface area contributed by atoms with E-state index in [1.165, 1.54) is 11.1 Å². The fraction of sp³-hybridized carbons (Fsp3) is 0.440. The predicted molar refractivity (Wildman–Crippen MR) is 124 cm³/mol. The minimum atomic E-state index is -3.59. The van der Waals surface area contributed by atoms with E-state index in [-0.39, 0.29) is 34.8 Å². The van der Waals surface area contributed by atoms with Crippen LogP contribution in [0, 0.1) is 5.92 Å². The Balaban J connectivity index is 1.24. The molecule has 7 heteroatoms. The van der Waals surface area contributed by atoms with E-state index in [1.807, 2.05) is 12.1 Å². The van der Waals surface area contributed by atoms with Crippen LogP contribution in [-0.4, -0.2) is 32.5 Å². The van der Waals surface area contributed by atoms with Gasteiger partial charge in [0.2, 0.25) is 11.8 Å². The fourth-order valence-electron chi connectivity index (χ4n) is 4.81. The second-order valence-electron chi connectivity index (χ2n) is 9.07. The Kier molecular flexibility index (Phi) is 5.53. The maximum atomic E-state index is 12.9. The molecule has 6 nitrogen and oxygen atoms in total. The number of amides is 2. The Morgan fingerprint density at radius 2 is 1.81 bits per heavy atom. The summed E-state index contributed by atoms with van der Waals surface area (Å²) < 4.78 is 25.8. The SMILES string of the molecule is O=C(CCS(=O)(=O)c1ccc2c(c1)CCN2C(=O)C1CC1)Nc1cccc2c1CCCC2. The number of rotatable bonds is 6. The highest BCUT2D eigenvalue weighted by molar-refractivity contribution is 7.91. The van der Waals surface area contributed by atoms with Gasteiger partial charge in [-0.3, -0.25) is 9.59 Å². The number of hydrogen-bond donors (Lipinski definition) is 1. The smallest absolute Gasteiger partial charge is 0.230 e. The topological polar surface area (TPSA) is 83.6 Å². The number of carbonyl (C=O) groups is 2. The van der Waals surface area contributed by atoms with Gasteiger partial charge in [0.05, 0.1) is 10.6 Å². The highest BCUT2D eigenvalue weighted by Crippen LogP contribution is 2.37. The van der Waals surface area contributed by atoms with Gasteiger partial charge in [0, 0.05) is 30.3 Å². The van der Waals surface area contributed by atoms with Gasteiger partial charge >= 0.3 is 0 Å². The average molecular weight is 453 g/mol. The zero-order valence-electron chi connectivity index (χ0n) is 18.1. The third-order valence-corrected chi connectivity index (χ3v) is 8.48. The number of benzene rings is 2. The Hall–Kier alpha value is -2.67. The monoisotopic (exact) mass is 452 g/mol. The number of carbonyl (C=O) groups excluding carboxylic acids is 2. The lowest BCUT2D eigenvalue weighted by Gasteiger charge is -2.19. The van der Waals surface area contributed by atoms with Gasteiger partial charge in [0.15, 0.2) is 9.84 Å². The summed E-state index contributed by atoms with van der Waals surface area (Å²) in [7, 11) is -3.59. The van der Waals surface area contributed by atoms with Gasteiger partial charge in [-0.05, 0) is 85.9 Å². The molecule has 2 amide bonds. The van der Waals surface area contributed by atoms with E-state index in [0.717, 1.165) is 55.5 Å². The van der Waals surface area contributed by atoms with Crippen LogP contribution >= 0.6 is 0 Å². The normalized spacial score (nSPS) is 17.6. The molecule has 0 radical (unpaired) electrons. The highest BCUT2D eigenvalue weighted by atomic mass is 32.2. The van der Waals surface area contributed by atoms with Crippen LogP contribution in [0.2, 0.25) is 0 Å². The molecule has 2 aromatic rings. The van der Waals surface area contributed by atoms with Crippen molar-refractivity contribution in [2.24, 2.45) is 5.92 Å². The van der Waals surface area contributed by atoms with Gasteiger partial charge in [-0.15, -0.1) is 0 Å². The number of nitrogens with one attached hydrogen (secondary N) is 1. The molecule has 2 aromatic carbocycles. The summed E-state index contributed by atoms with van der Waals surface area (Å²) in [6.07, 6.45) is 6.71. The summed E-state index contributed by atoms with van der Waals surface area (Å²) >= 11 is 0. The Morgan fingerprint density at radius 1 is 1.00 bits per heavy atom. The van der Waals surface area contributed by atoms with E-state index in [4.69, 9.17) is 0 Å². The zero-order chi connectivity index (χ0) is 22.3. The van der Waals surface area contributed by atoms with Crippen molar-refractivity contribution in [3.05, 3.63) is 53.1 Å². The van der Waals surface area contributed by atoms with Crippen LogP contribution in [0.3, 0.4) is 0 Å². The van der Waals surface area contributed by atoms with Crippen molar-refractivity contribution < 1.29 is 18.0 Å². The lowest BCUT2D eigenvalue weighted by Crippen LogP contribution is -2.30. The molecule has 3 aliphatic rings. The van der Waals surface area contributed by atoms with E-state index in [2.05, 4.69) is 11.4 Å². The van der Waals surface area contributed by atoms with E-state index in [1.54, 1.807) is 23.1 Å². The van der Waals surface area contributed by atoms with Crippen molar-refractivity contribution in [1.29, 1.82) is 0 Å². The van der Waals surface area contributed by atoms with E-state index < -0.39 is 9.84 Å². The van der Waals surface area contributed by atoms with Crippen molar-refractivity contribution in [3.63, 3.8) is 0 Å². The maximum absolute atomic E-state index is 12.9. The standard InChI is InChI=1S/C25H28N2O4S/c28-24(26-22-7-3-5-17-4-1-2-6-21(17)22)13-15-32(30,31)20-10-11-23-19(16-20)12-14-27(23)25(29)18-8-9-18/h3,5,7,10-11,16,18H,1-2,4,6,8-9,12-15H2,(H,26,28). The minimum Gasteiger partial charge on any atom is -0.326 e. The average Bonchev–Trinajstić information content (AvgIpc) is 3.56. The number of nitrogens with zero attached hydrogens (tertiary/aromatic N) is 1. The van der Waals surface area contributed by atoms with E-state index in [9.17, 15) is 18.0 Å². The lowest BCUT2D eigenvalue weighted by molar-refractivity contribution is -0.119. The molecular formula is C25H28N2O4S. The molecule has 1 fully saturated rings. The van der Waals surface area contributed by atoms with Gasteiger partial charge < -0.3 is 10.2 Å². The van der Waals surface area contributed by atoms with Gasteiger partial charge in [0.25, 0.3) is 0 Å². The molecule has 0 spiro atoms. The maximum Gasteiger partial charge on any atom is 0.230 e. The predicted octanol–water partition coefficient (Wildman–Crippen LogP) is 3.67. The molecule has 1 heterocycles. The molecule has 0 bridgehead atoms. The fourth-order valence-corrected chi connectivity index (χ4v) is 6.09. The molecule has 0 atom stereocenters. The third-order valence-electron chi connectivity index (χ3n) is 6.77. The molecule has 1 saturated carbocycles. The summed E-state index contributed by atoms with van der Waals surface area (Å²) in [5.74, 6) is -0.232. The Bertz CT molecular complexity index is 1180. The summed E-state index contributed by atoms with van der Waals surface area (Å²) in [4.78, 5) is 27.0. The van der Waals surface area contributed by atoms with Crippen molar-refractivity contribution >= 4 is 33.0 Å². The first kappa shape index (κ1) is 21.2. The van der Waals surface area contributed by atoms with Crippen LogP contribution in [0.5, 0.6) is 0 Å². The largest absolute Gasteiger partial charge is 0.326 e. The summed E-state index contributed by atoms with van der Waals surface area (Å²) in [5, 5.41) is 2.92. The number of hydrogen-bond acceptors (Lipinski definition) is 4. The first-order chi connectivity index (χ1) is 15.4. The van der Waals surface area contributed by atoms with Gasteiger partial charge in [-0.2, -0.15) is 0 Å². The minimum absolute atomic E-state index is 0.0879. The van der Waals surface area contributed by atoms with Crippen molar-refractivity contribution in [2.45, 2.75) is 56.3 Å². The highest BCUT2D eigenvalue weighted by Gasteiger charge is 2.36. The van der Waals surface area contributed by atoms with Crippen molar-refractivity contribution in [3.8, 4) is 0 Å². The third kappa shape index (κ3) is 4.18. The number of aryl methyl sites for hydroxylation is 1. The molecule has 0 unspecified atom stereocenters. The van der Waals surface area contributed by atoms with Crippen LogP contribution < -0.4 is 10.2 Å². The molecule has 1 N–H and O–H groups in total. The summed E-state index contributed by atoms with van der Waals surface area (Å²) in [5.41, 5.74) is 4.98. The van der Waals surface area contributed by atoms with Crippen LogP contribution in [-0.2, 0) is 38.7 Å². The number of anilines is 2.